The van der Waals surface area contributed by atoms with Crippen molar-refractivity contribution in [3.8, 4) is 0 Å². The van der Waals surface area contributed by atoms with Crippen molar-refractivity contribution >= 4 is 65.1 Å². The van der Waals surface area contributed by atoms with Crippen LogP contribution in [0.2, 0.25) is 0 Å². The number of esters is 2. The van der Waals surface area contributed by atoms with Gasteiger partial charge in [-0.15, -0.1) is 6.58 Å². The molecule has 0 aromatic carbocycles. The van der Waals surface area contributed by atoms with Gasteiger partial charge in [0.05, 0.1) is 6.04 Å². The highest BCUT2D eigenvalue weighted by Crippen LogP contribution is 2.17. The van der Waals surface area contributed by atoms with Crippen LogP contribution in [-0.4, -0.2) is 131 Å². The van der Waals surface area contributed by atoms with Crippen LogP contribution in [0.15, 0.2) is 12.7 Å². The minimum atomic E-state index is -1.49. The molecule has 0 bridgehead atoms. The number of nitrogens with zero attached hydrogens (tertiary/aromatic N) is 1. The van der Waals surface area contributed by atoms with Crippen LogP contribution in [-0.2, 0) is 57.4 Å². The second kappa shape index (κ2) is 25.4. The lowest BCUT2D eigenvalue weighted by molar-refractivity contribution is -0.156. The third kappa shape index (κ3) is 19.2. The van der Waals surface area contributed by atoms with E-state index in [2.05, 4.69) is 43.8 Å². The lowest BCUT2D eigenvalue weighted by Gasteiger charge is -2.31. The lowest BCUT2D eigenvalue weighted by Crippen LogP contribution is -2.62. The zero-order valence-electron chi connectivity index (χ0n) is 39.3. The van der Waals surface area contributed by atoms with Crippen LogP contribution in [0.25, 0.3) is 0 Å². The molecule has 1 aliphatic rings. The van der Waals surface area contributed by atoms with Crippen molar-refractivity contribution in [2.24, 2.45) is 11.8 Å². The van der Waals surface area contributed by atoms with Crippen molar-refractivity contribution in [2.75, 3.05) is 13.1 Å². The molecule has 1 heterocycles. The summed E-state index contributed by atoms with van der Waals surface area (Å²) in [6, 6.07) is -9.29. The Labute approximate surface area is 375 Å². The normalized spacial score (nSPS) is 16.2. The number of ketones is 1. The Morgan fingerprint density at radius 3 is 1.66 bits per heavy atom. The Morgan fingerprint density at radius 1 is 0.719 bits per heavy atom. The molecule has 1 aliphatic heterocycles. The van der Waals surface area contributed by atoms with E-state index < -0.39 is 124 Å². The van der Waals surface area contributed by atoms with Crippen molar-refractivity contribution in [3.05, 3.63) is 12.7 Å². The zero-order chi connectivity index (χ0) is 49.3. The molecule has 1 rings (SSSR count). The predicted octanol–water partition coefficient (Wildman–Crippen LogP) is 0.578. The second-order valence-electron chi connectivity index (χ2n) is 18.1. The fourth-order valence-electron chi connectivity index (χ4n) is 6.26. The van der Waals surface area contributed by atoms with E-state index in [1.807, 2.05) is 0 Å². The minimum absolute atomic E-state index is 0.00860. The summed E-state index contributed by atoms with van der Waals surface area (Å²) in [5.41, 5.74) is -1.69. The number of urea groups is 1. The Bertz CT molecular complexity index is 1750. The third-order valence-corrected chi connectivity index (χ3v) is 9.28. The number of hydrogen-bond donors (Lipinski definition) is 7. The Morgan fingerprint density at radius 2 is 1.20 bits per heavy atom. The molecule has 64 heavy (non-hydrogen) atoms. The van der Waals surface area contributed by atoms with Gasteiger partial charge in [0.2, 0.25) is 35.3 Å². The maximum absolute atomic E-state index is 14.1. The summed E-state index contributed by atoms with van der Waals surface area (Å²) in [4.78, 5) is 146. The van der Waals surface area contributed by atoms with E-state index in [1.165, 1.54) is 6.08 Å². The van der Waals surface area contributed by atoms with Crippen LogP contribution in [0.3, 0.4) is 0 Å². The molecule has 1 fully saturated rings. The first-order valence-electron chi connectivity index (χ1n) is 21.5. The van der Waals surface area contributed by atoms with E-state index in [-0.39, 0.29) is 45.2 Å². The predicted molar refractivity (Wildman–Crippen MR) is 232 cm³/mol. The molecule has 7 N–H and O–H groups in total. The van der Waals surface area contributed by atoms with Crippen molar-refractivity contribution in [2.45, 2.75) is 169 Å². The summed E-state index contributed by atoms with van der Waals surface area (Å²) in [7, 11) is 0. The van der Waals surface area contributed by atoms with Gasteiger partial charge in [-0.1, -0.05) is 47.1 Å². The highest BCUT2D eigenvalue weighted by molar-refractivity contribution is 6.38. The molecule has 0 unspecified atom stereocenters. The van der Waals surface area contributed by atoms with E-state index >= 15 is 0 Å². The van der Waals surface area contributed by atoms with Crippen LogP contribution in [0.5, 0.6) is 0 Å². The average molecular weight is 907 g/mol. The van der Waals surface area contributed by atoms with Gasteiger partial charge in [0, 0.05) is 32.9 Å². The Hall–Kier alpha value is -5.89. The monoisotopic (exact) mass is 907 g/mol. The molecule has 9 amide bonds. The van der Waals surface area contributed by atoms with Gasteiger partial charge in [-0.05, 0) is 72.6 Å². The summed E-state index contributed by atoms with van der Waals surface area (Å²) >= 11 is 0. The number of rotatable bonds is 24. The van der Waals surface area contributed by atoms with E-state index in [1.54, 1.807) is 76.2 Å². The number of carbonyl (C=O) groups is 11. The number of hydrogen-bond acceptors (Lipinski definition) is 13. The van der Waals surface area contributed by atoms with Gasteiger partial charge >= 0.3 is 18.0 Å². The van der Waals surface area contributed by atoms with Gasteiger partial charge in [0.15, 0.2) is 0 Å². The quantitative estimate of drug-likeness (QED) is 0.0397. The number of carbonyl (C=O) groups excluding carboxylic acids is 11. The van der Waals surface area contributed by atoms with Crippen molar-refractivity contribution in [1.82, 2.24) is 42.1 Å². The number of amides is 9. The molecule has 360 valence electrons. The maximum atomic E-state index is 14.1. The fourth-order valence-corrected chi connectivity index (χ4v) is 6.26. The average Bonchev–Trinajstić information content (AvgIpc) is 3.56. The summed E-state index contributed by atoms with van der Waals surface area (Å²) in [6.07, 6.45) is 0.702. The van der Waals surface area contributed by atoms with Crippen LogP contribution in [0.4, 0.5) is 4.79 Å². The molecular formula is C43H70N8O13. The van der Waals surface area contributed by atoms with Crippen LogP contribution in [0, 0.1) is 11.8 Å². The van der Waals surface area contributed by atoms with E-state index in [9.17, 15) is 52.7 Å². The summed E-state index contributed by atoms with van der Waals surface area (Å²) in [5.74, 6) is -9.72. The van der Waals surface area contributed by atoms with E-state index in [0.29, 0.717) is 11.3 Å². The number of imide groups is 1. The minimum Gasteiger partial charge on any atom is -0.460 e. The Kier molecular flexibility index (Phi) is 22.3. The second-order valence-corrected chi connectivity index (χ2v) is 18.1. The molecule has 21 nitrogen and oxygen atoms in total. The van der Waals surface area contributed by atoms with Gasteiger partial charge in [-0.3, -0.25) is 47.9 Å². The molecule has 1 saturated heterocycles. The molecule has 21 heteroatoms. The highest BCUT2D eigenvalue weighted by Gasteiger charge is 2.45. The molecule has 0 aromatic rings. The zero-order valence-corrected chi connectivity index (χ0v) is 39.3. The van der Waals surface area contributed by atoms with Gasteiger partial charge in [-0.25, -0.2) is 9.69 Å². The molecule has 0 spiro atoms. The first-order valence-corrected chi connectivity index (χ1v) is 21.5. The summed E-state index contributed by atoms with van der Waals surface area (Å²) < 4.78 is 10.7. The lowest BCUT2D eigenvalue weighted by atomic mass is 9.98. The van der Waals surface area contributed by atoms with Gasteiger partial charge in [0.1, 0.15) is 41.4 Å². The van der Waals surface area contributed by atoms with Gasteiger partial charge < -0.3 is 46.7 Å². The van der Waals surface area contributed by atoms with Gasteiger partial charge in [0.25, 0.3) is 11.8 Å². The van der Waals surface area contributed by atoms with Crippen molar-refractivity contribution in [3.63, 3.8) is 0 Å². The SMILES string of the molecule is C=CCNC(=O)C(=O)[C@H](CCC)NC(=O)[C@@H]1CNC(=O)N1C(=O)[C@@H](NC(=O)[C@@H](NC(=O)[C@H](CCC(=O)OC(C)(C)C)NC(=O)[C@H](CCC(=O)OC(C)(C)C)NC(C)=O)C(C)C)C(C)C. The standard InChI is InChI=1S/C43H70N8O13/c1-14-16-26(34(55)39(60)44-21-15-2)47-37(58)29-22-45-41(62)51(29)40(61)33(24(5)6)50-38(59)32(23(3)4)49-36(57)28(18-20-31(54)64-43(11,12)13)48-35(56)27(46-25(7)52)17-19-30(53)63-42(8,9)10/h15,23-24,26-29,32-33H,2,14,16-22H2,1,3-13H3,(H,44,60)(H,45,62)(H,46,52)(H,47,58)(H,48,56)(H,49,57)(H,50,59)/t26-,27-,28-,29-,32-,33-/m0/s1. The first kappa shape index (κ1) is 56.1. The largest absolute Gasteiger partial charge is 0.460 e. The highest BCUT2D eigenvalue weighted by atomic mass is 16.6. The molecule has 0 saturated carbocycles. The van der Waals surface area contributed by atoms with Crippen LogP contribution < -0.4 is 37.2 Å². The topological polar surface area (TPSA) is 294 Å². The van der Waals surface area contributed by atoms with E-state index in [0.717, 1.165) is 6.92 Å². The molecule has 0 aliphatic carbocycles. The van der Waals surface area contributed by atoms with Crippen molar-refractivity contribution in [1.29, 1.82) is 0 Å². The number of nitrogens with one attached hydrogen (secondary N) is 7. The summed E-state index contributed by atoms with van der Waals surface area (Å²) in [5, 5.41) is 17.4. The third-order valence-electron chi connectivity index (χ3n) is 9.28. The molecule has 0 radical (unpaired) electrons. The Balaban J connectivity index is 3.41. The van der Waals surface area contributed by atoms with Crippen LogP contribution in [0.1, 0.15) is 122 Å². The van der Waals surface area contributed by atoms with E-state index in [4.69, 9.17) is 9.47 Å². The molecular weight excluding hydrogens is 837 g/mol. The first-order chi connectivity index (χ1) is 29.5. The molecule has 6 atom stereocenters. The number of ether oxygens (including phenoxy) is 2. The van der Waals surface area contributed by atoms with Crippen LogP contribution >= 0.6 is 0 Å². The summed E-state index contributed by atoms with van der Waals surface area (Å²) in [6.45, 7) is 22.3. The maximum Gasteiger partial charge on any atom is 0.325 e. The van der Waals surface area contributed by atoms with Crippen molar-refractivity contribution < 1.29 is 62.2 Å². The smallest absolute Gasteiger partial charge is 0.325 e. The van der Waals surface area contributed by atoms with Gasteiger partial charge in [-0.2, -0.15) is 0 Å². The fraction of sp³-hybridized carbons (Fsp3) is 0.698. The molecule has 0 aromatic heterocycles. The number of Topliss-reactive ketones (excluding diaryl/α,β-unsaturated/α-hetero) is 1.